The van der Waals surface area contributed by atoms with E-state index in [4.69, 9.17) is 21.6 Å². The van der Waals surface area contributed by atoms with Gasteiger partial charge in [0.1, 0.15) is 17.3 Å². The summed E-state index contributed by atoms with van der Waals surface area (Å²) in [6, 6.07) is 6.68. The Morgan fingerprint density at radius 1 is 1.27 bits per heavy atom. The molecule has 0 N–H and O–H groups in total. The van der Waals surface area contributed by atoms with Gasteiger partial charge in [0, 0.05) is 6.07 Å². The fourth-order valence-corrected chi connectivity index (χ4v) is 2.51. The molecule has 0 fully saturated rings. The van der Waals surface area contributed by atoms with Crippen LogP contribution in [0.2, 0.25) is 5.02 Å². The molecule has 0 amide bonds. The molecule has 0 radical (unpaired) electrons. The van der Waals surface area contributed by atoms with Gasteiger partial charge in [-0.2, -0.15) is 18.4 Å². The maximum absolute atomic E-state index is 14.1. The number of rotatable bonds is 3. The molecule has 134 valence electrons. The largest absolute Gasteiger partial charge is 0.453 e. The molecule has 0 saturated carbocycles. The third-order valence-corrected chi connectivity index (χ3v) is 3.82. The van der Waals surface area contributed by atoms with E-state index in [2.05, 4.69) is 10.3 Å². The molecular weight excluding hydrogens is 376 g/mol. The third kappa shape index (κ3) is 3.28. The number of halogens is 5. The Hall–Kier alpha value is -2.86. The monoisotopic (exact) mass is 384 g/mol. The molecular formula is C16H9ClF4N4O. The topological polar surface area (TPSA) is 63.7 Å². The summed E-state index contributed by atoms with van der Waals surface area (Å²) >= 11 is 5.75. The summed E-state index contributed by atoms with van der Waals surface area (Å²) in [6.07, 6.45) is -4.73. The molecule has 0 bridgehead atoms. The molecule has 10 heteroatoms. The number of nitriles is 1. The van der Waals surface area contributed by atoms with Gasteiger partial charge < -0.3 is 4.74 Å². The summed E-state index contributed by atoms with van der Waals surface area (Å²) < 4.78 is 58.8. The van der Waals surface area contributed by atoms with Crippen molar-refractivity contribution in [2.75, 3.05) is 0 Å². The van der Waals surface area contributed by atoms with Crippen molar-refractivity contribution >= 4 is 22.6 Å². The first-order chi connectivity index (χ1) is 12.2. The van der Waals surface area contributed by atoms with E-state index in [1.807, 2.05) is 6.07 Å². The van der Waals surface area contributed by atoms with Crippen molar-refractivity contribution < 1.29 is 22.3 Å². The SMILES string of the molecule is CC(C#N)n1nnc2ccc(Oc3c(F)cc(C(F)(F)F)cc3Cl)cc21. The van der Waals surface area contributed by atoms with Crippen LogP contribution in [-0.4, -0.2) is 15.0 Å². The van der Waals surface area contributed by atoms with E-state index < -0.39 is 34.4 Å². The first kappa shape index (κ1) is 17.9. The molecule has 0 aliphatic carbocycles. The van der Waals surface area contributed by atoms with Gasteiger partial charge in [-0.1, -0.05) is 16.8 Å². The van der Waals surface area contributed by atoms with Gasteiger partial charge in [0.2, 0.25) is 0 Å². The first-order valence-electron chi connectivity index (χ1n) is 7.19. The van der Waals surface area contributed by atoms with Crippen molar-refractivity contribution in [3.05, 3.63) is 46.7 Å². The molecule has 0 spiro atoms. The van der Waals surface area contributed by atoms with Gasteiger partial charge in [0.15, 0.2) is 11.6 Å². The Balaban J connectivity index is 2.00. The Bertz CT molecular complexity index is 1000. The number of ether oxygens (including phenoxy) is 1. The molecule has 1 aromatic heterocycles. The highest BCUT2D eigenvalue weighted by molar-refractivity contribution is 6.32. The van der Waals surface area contributed by atoms with E-state index in [9.17, 15) is 17.6 Å². The number of nitrogens with zero attached hydrogens (tertiary/aromatic N) is 4. The van der Waals surface area contributed by atoms with Crippen LogP contribution < -0.4 is 4.74 Å². The Morgan fingerprint density at radius 2 is 2.00 bits per heavy atom. The molecule has 0 saturated heterocycles. The summed E-state index contributed by atoms with van der Waals surface area (Å²) in [4.78, 5) is 0. The molecule has 1 unspecified atom stereocenters. The van der Waals surface area contributed by atoms with Crippen molar-refractivity contribution in [3.63, 3.8) is 0 Å². The number of hydrogen-bond acceptors (Lipinski definition) is 4. The van der Waals surface area contributed by atoms with E-state index in [-0.39, 0.29) is 5.75 Å². The third-order valence-electron chi connectivity index (χ3n) is 3.54. The molecule has 5 nitrogen and oxygen atoms in total. The number of hydrogen-bond donors (Lipinski definition) is 0. The van der Waals surface area contributed by atoms with Gasteiger partial charge in [-0.25, -0.2) is 9.07 Å². The van der Waals surface area contributed by atoms with Gasteiger partial charge in [-0.05, 0) is 31.2 Å². The Labute approximate surface area is 149 Å². The van der Waals surface area contributed by atoms with Crippen LogP contribution in [-0.2, 0) is 6.18 Å². The fraction of sp³-hybridized carbons (Fsp3) is 0.188. The molecule has 3 aromatic rings. The van der Waals surface area contributed by atoms with Crippen molar-refractivity contribution in [2.24, 2.45) is 0 Å². The highest BCUT2D eigenvalue weighted by Crippen LogP contribution is 2.39. The summed E-state index contributed by atoms with van der Waals surface area (Å²) in [6.45, 7) is 1.61. The predicted octanol–water partition coefficient (Wildman–Crippen LogP) is 5.12. The molecule has 0 aliphatic heterocycles. The van der Waals surface area contributed by atoms with Gasteiger partial charge in [0.25, 0.3) is 0 Å². The minimum absolute atomic E-state index is 0.103. The standard InChI is InChI=1S/C16H9ClF4N4O/c1-8(7-22)25-14-6-10(2-3-13(14)23-24-25)26-15-11(17)4-9(5-12(15)18)16(19,20)21/h2-6,8H,1H3. The van der Waals surface area contributed by atoms with E-state index in [0.717, 1.165) is 0 Å². The van der Waals surface area contributed by atoms with Crippen LogP contribution in [0.15, 0.2) is 30.3 Å². The average molecular weight is 385 g/mol. The maximum Gasteiger partial charge on any atom is 0.416 e. The Morgan fingerprint density at radius 3 is 2.62 bits per heavy atom. The number of alkyl halides is 3. The summed E-state index contributed by atoms with van der Waals surface area (Å²) in [5.74, 6) is -1.68. The lowest BCUT2D eigenvalue weighted by Crippen LogP contribution is -2.06. The predicted molar refractivity (Wildman–Crippen MR) is 84.3 cm³/mol. The van der Waals surface area contributed by atoms with Crippen LogP contribution in [0.3, 0.4) is 0 Å². The molecule has 26 heavy (non-hydrogen) atoms. The highest BCUT2D eigenvalue weighted by Gasteiger charge is 2.32. The van der Waals surface area contributed by atoms with Crippen LogP contribution in [0.25, 0.3) is 11.0 Å². The maximum atomic E-state index is 14.1. The molecule has 1 heterocycles. The molecule has 2 aromatic carbocycles. The van der Waals surface area contributed by atoms with Crippen LogP contribution >= 0.6 is 11.6 Å². The normalized spacial score (nSPS) is 12.8. The quantitative estimate of drug-likeness (QED) is 0.588. The van der Waals surface area contributed by atoms with Crippen molar-refractivity contribution in [3.8, 4) is 17.6 Å². The van der Waals surface area contributed by atoms with Crippen LogP contribution in [0, 0.1) is 17.1 Å². The van der Waals surface area contributed by atoms with E-state index >= 15 is 0 Å². The second-order valence-electron chi connectivity index (χ2n) is 5.36. The van der Waals surface area contributed by atoms with Crippen molar-refractivity contribution in [2.45, 2.75) is 19.1 Å². The lowest BCUT2D eigenvalue weighted by molar-refractivity contribution is -0.137. The summed E-state index contributed by atoms with van der Waals surface area (Å²) in [5, 5.41) is 16.2. The molecule has 1 atom stereocenters. The summed E-state index contributed by atoms with van der Waals surface area (Å²) in [7, 11) is 0. The zero-order valence-corrected chi connectivity index (χ0v) is 13.8. The minimum atomic E-state index is -4.73. The van der Waals surface area contributed by atoms with Gasteiger partial charge in [-0.15, -0.1) is 5.10 Å². The second kappa shape index (κ2) is 6.46. The van der Waals surface area contributed by atoms with E-state index in [0.29, 0.717) is 23.2 Å². The van der Waals surface area contributed by atoms with Crippen LogP contribution in [0.4, 0.5) is 17.6 Å². The van der Waals surface area contributed by atoms with Gasteiger partial charge in [0.05, 0.1) is 22.2 Å². The first-order valence-corrected chi connectivity index (χ1v) is 7.57. The number of aromatic nitrogens is 3. The van der Waals surface area contributed by atoms with Gasteiger partial charge >= 0.3 is 6.18 Å². The second-order valence-corrected chi connectivity index (χ2v) is 5.77. The Kier molecular flexibility index (Phi) is 4.46. The average Bonchev–Trinajstić information content (AvgIpc) is 2.99. The van der Waals surface area contributed by atoms with Crippen molar-refractivity contribution in [1.29, 1.82) is 5.26 Å². The van der Waals surface area contributed by atoms with E-state index in [1.165, 1.54) is 22.9 Å². The zero-order chi connectivity index (χ0) is 19.1. The number of fused-ring (bicyclic) bond motifs is 1. The molecule has 3 rings (SSSR count). The smallest absolute Gasteiger partial charge is 0.416 e. The zero-order valence-electron chi connectivity index (χ0n) is 13.1. The van der Waals surface area contributed by atoms with Crippen LogP contribution in [0.1, 0.15) is 18.5 Å². The lowest BCUT2D eigenvalue weighted by Gasteiger charge is -2.12. The minimum Gasteiger partial charge on any atom is -0.453 e. The molecule has 0 aliphatic rings. The lowest BCUT2D eigenvalue weighted by atomic mass is 10.2. The van der Waals surface area contributed by atoms with Crippen molar-refractivity contribution in [1.82, 2.24) is 15.0 Å². The van der Waals surface area contributed by atoms with Gasteiger partial charge in [-0.3, -0.25) is 0 Å². The van der Waals surface area contributed by atoms with Crippen LogP contribution in [0.5, 0.6) is 11.5 Å². The number of benzene rings is 2. The summed E-state index contributed by atoms with van der Waals surface area (Å²) in [5.41, 5.74) is -0.300. The fourth-order valence-electron chi connectivity index (χ4n) is 2.26. The highest BCUT2D eigenvalue weighted by atomic mass is 35.5. The van der Waals surface area contributed by atoms with E-state index in [1.54, 1.807) is 6.92 Å².